The van der Waals surface area contributed by atoms with Gasteiger partial charge in [-0.3, -0.25) is 9.59 Å². The minimum atomic E-state index is -0.992. The zero-order valence-electron chi connectivity index (χ0n) is 22.9. The van der Waals surface area contributed by atoms with E-state index in [2.05, 4.69) is 0 Å². The van der Waals surface area contributed by atoms with Gasteiger partial charge in [0, 0.05) is 18.2 Å². The van der Waals surface area contributed by atoms with Crippen LogP contribution in [0.15, 0.2) is 36.4 Å². The van der Waals surface area contributed by atoms with Gasteiger partial charge in [0.15, 0.2) is 23.3 Å². The number of halogens is 5. The Morgan fingerprint density at radius 1 is 0.667 bits per heavy atom. The Hall–Kier alpha value is -3.45. The van der Waals surface area contributed by atoms with Gasteiger partial charge in [0.1, 0.15) is 11.2 Å². The van der Waals surface area contributed by atoms with Crippen LogP contribution in [0, 0.1) is 45.4 Å². The first-order valence-corrected chi connectivity index (χ1v) is 10.8. The number of nitrogens with one attached hydrogen (secondary N) is 4. The molecule has 2 aromatic rings. The van der Waals surface area contributed by atoms with Crippen LogP contribution in [0.3, 0.4) is 0 Å². The van der Waals surface area contributed by atoms with Gasteiger partial charge in [-0.25, -0.2) is 39.7 Å². The van der Waals surface area contributed by atoms with Crippen molar-refractivity contribution in [3.05, 3.63) is 70.8 Å². The van der Waals surface area contributed by atoms with Gasteiger partial charge < -0.3 is 14.6 Å². The second kappa shape index (κ2) is 21.5. The number of esters is 2. The Kier molecular flexibility index (Phi) is 23.5. The highest BCUT2D eigenvalue weighted by Gasteiger charge is 2.19. The lowest BCUT2D eigenvalue weighted by atomic mass is 10.1. The topological polar surface area (TPSA) is 168 Å². The normalized spacial score (nSPS) is 9.64. The van der Waals surface area contributed by atoms with E-state index in [1.54, 1.807) is 41.5 Å². The summed E-state index contributed by atoms with van der Waals surface area (Å²) in [7, 11) is 1.00. The van der Waals surface area contributed by atoms with Crippen molar-refractivity contribution < 1.29 is 41.7 Å². The highest BCUT2D eigenvalue weighted by Crippen LogP contribution is 2.16. The Morgan fingerprint density at radius 3 is 1.15 bits per heavy atom. The maximum Gasteiger partial charge on any atom is 0.310 e. The molecule has 0 aliphatic rings. The molecule has 0 radical (unpaired) electrons. The van der Waals surface area contributed by atoms with E-state index >= 15 is 0 Å². The molecule has 0 bridgehead atoms. The van der Waals surface area contributed by atoms with E-state index in [0.29, 0.717) is 0 Å². The van der Waals surface area contributed by atoms with Gasteiger partial charge in [-0.1, -0.05) is 24.3 Å². The average molecular weight is 585 g/mol. The molecular formula is C25H37ClF4N4O5. The quantitative estimate of drug-likeness (QED) is 0.149. The second-order valence-corrected chi connectivity index (χ2v) is 8.95. The van der Waals surface area contributed by atoms with Crippen LogP contribution in [0.4, 0.5) is 17.6 Å². The first-order valence-electron chi connectivity index (χ1n) is 10.8. The zero-order valence-corrected chi connectivity index (χ0v) is 23.7. The molecule has 0 unspecified atom stereocenters. The summed E-state index contributed by atoms with van der Waals surface area (Å²) in [5.74, 6) is -5.04. The van der Waals surface area contributed by atoms with Crippen molar-refractivity contribution in [1.82, 2.24) is 0 Å². The number of carbonyl (C=O) groups is 2. The van der Waals surface area contributed by atoms with Gasteiger partial charge in [-0.15, -0.1) is 12.4 Å². The number of hydrogen-bond acceptors (Lipinski definition) is 9. The molecule has 39 heavy (non-hydrogen) atoms. The average Bonchev–Trinajstić information content (AvgIpc) is 2.82. The summed E-state index contributed by atoms with van der Waals surface area (Å²) in [5.41, 5.74) is 18.8. The third kappa shape index (κ3) is 20.2. The summed E-state index contributed by atoms with van der Waals surface area (Å²) in [5, 5.41) is 7.00. The molecule has 0 amide bonds. The molecule has 2 aromatic carbocycles. The zero-order chi connectivity index (χ0) is 30.7. The van der Waals surface area contributed by atoms with Crippen LogP contribution in [0.2, 0.25) is 0 Å². The molecule has 0 heterocycles. The summed E-state index contributed by atoms with van der Waals surface area (Å²) in [4.78, 5) is 22.8. The highest BCUT2D eigenvalue weighted by molar-refractivity contribution is 5.85. The van der Waals surface area contributed by atoms with Crippen LogP contribution in [0.5, 0.6) is 0 Å². The highest BCUT2D eigenvalue weighted by atomic mass is 35.5. The van der Waals surface area contributed by atoms with Gasteiger partial charge in [0.25, 0.3) is 0 Å². The summed E-state index contributed by atoms with van der Waals surface area (Å²) in [6.07, 6.45) is -0.526. The smallest absolute Gasteiger partial charge is 0.310 e. The van der Waals surface area contributed by atoms with Gasteiger partial charge in [-0.05, 0) is 53.7 Å². The summed E-state index contributed by atoms with van der Waals surface area (Å²) in [6.45, 7) is 10.3. The molecule has 0 aromatic heterocycles. The number of benzene rings is 2. The van der Waals surface area contributed by atoms with Gasteiger partial charge in [-0.2, -0.15) is 0 Å². The van der Waals surface area contributed by atoms with Crippen LogP contribution in [-0.4, -0.2) is 35.4 Å². The molecule has 0 saturated carbocycles. The first-order chi connectivity index (χ1) is 17.6. The molecule has 5 N–H and O–H groups in total. The maximum atomic E-state index is 13.2. The Labute approximate surface area is 231 Å². The van der Waals surface area contributed by atoms with Crippen LogP contribution in [0.25, 0.3) is 0 Å². The lowest BCUT2D eigenvalue weighted by molar-refractivity contribution is -0.155. The summed E-state index contributed by atoms with van der Waals surface area (Å²) < 4.78 is 62.1. The molecule has 9 nitrogen and oxygen atoms in total. The lowest BCUT2D eigenvalue weighted by Gasteiger charge is -2.19. The molecule has 2 rings (SSSR count). The number of ether oxygens (including phenoxy) is 2. The Bertz CT molecular complexity index is 924. The van der Waals surface area contributed by atoms with E-state index in [1.165, 1.54) is 24.3 Å². The summed E-state index contributed by atoms with van der Waals surface area (Å²) in [6, 6.07) is 7.46. The predicted molar refractivity (Wildman–Crippen MR) is 138 cm³/mol. The minimum absolute atomic E-state index is 0. The van der Waals surface area contributed by atoms with Crippen molar-refractivity contribution in [3.8, 4) is 0 Å². The van der Waals surface area contributed by atoms with Gasteiger partial charge in [0.05, 0.1) is 12.8 Å². The molecule has 0 spiro atoms. The monoisotopic (exact) mass is 584 g/mol. The van der Waals surface area contributed by atoms with Gasteiger partial charge in [0.2, 0.25) is 0 Å². The number of aliphatic hydroxyl groups is 1. The number of hydrogen-bond donors (Lipinski definition) is 5. The molecule has 0 aliphatic carbocycles. The van der Waals surface area contributed by atoms with Crippen molar-refractivity contribution in [2.75, 3.05) is 7.11 Å². The van der Waals surface area contributed by atoms with Crippen molar-refractivity contribution in [3.63, 3.8) is 0 Å². The fourth-order valence-corrected chi connectivity index (χ4v) is 2.44. The fraction of sp³-hybridized carbons (Fsp3) is 0.440. The molecule has 0 aliphatic heterocycles. The Balaban J connectivity index is -0.000000258. The minimum Gasteiger partial charge on any atom is -0.460 e. The van der Waals surface area contributed by atoms with Crippen molar-refractivity contribution in [2.24, 2.45) is 0 Å². The van der Waals surface area contributed by atoms with Crippen LogP contribution < -0.4 is 0 Å². The van der Waals surface area contributed by atoms with Crippen molar-refractivity contribution in [2.45, 2.75) is 65.6 Å². The van der Waals surface area contributed by atoms with Crippen LogP contribution in [-0.2, 0) is 31.9 Å². The second-order valence-electron chi connectivity index (χ2n) is 8.95. The number of rotatable bonds is 4. The molecule has 0 atom stereocenters. The molecular weight excluding hydrogens is 548 g/mol. The molecule has 14 heteroatoms. The predicted octanol–water partition coefficient (Wildman–Crippen LogP) is 6.92. The third-order valence-electron chi connectivity index (χ3n) is 3.57. The van der Waals surface area contributed by atoms with Crippen LogP contribution >= 0.6 is 12.4 Å². The standard InChI is InChI=1S/2C12H14F2O2.CH4O.ClH.2H2N2/c2*1-12(2,3)16-10(15)7-8-5-4-6-9(13)11(8)14;1-2;;2*1-2/h2*4-6H,7H2,1-3H3;2H,1H3;1H;2*1-2H. The van der Waals surface area contributed by atoms with E-state index < -0.39 is 46.4 Å². The van der Waals surface area contributed by atoms with Crippen LogP contribution in [0.1, 0.15) is 52.7 Å². The van der Waals surface area contributed by atoms with E-state index in [4.69, 9.17) is 36.7 Å². The van der Waals surface area contributed by atoms with E-state index in [0.717, 1.165) is 19.2 Å². The first kappa shape index (κ1) is 42.6. The number of carbonyl (C=O) groups excluding carboxylic acids is 2. The van der Waals surface area contributed by atoms with E-state index in [-0.39, 0.29) is 36.4 Å². The van der Waals surface area contributed by atoms with Gasteiger partial charge >= 0.3 is 11.9 Å². The van der Waals surface area contributed by atoms with Crippen molar-refractivity contribution in [1.29, 1.82) is 22.1 Å². The van der Waals surface area contributed by atoms with Crippen molar-refractivity contribution >= 4 is 24.3 Å². The molecule has 222 valence electrons. The Morgan fingerprint density at radius 2 is 0.923 bits per heavy atom. The molecule has 0 saturated heterocycles. The van der Waals surface area contributed by atoms with E-state index in [1.807, 2.05) is 0 Å². The SMILES string of the molecule is CC(C)(C)OC(=O)Cc1cccc(F)c1F.CC(C)(C)OC(=O)Cc1cccc(F)c1F.CO.Cl.N=N.N=N. The maximum absolute atomic E-state index is 13.2. The fourth-order valence-electron chi connectivity index (χ4n) is 2.44. The third-order valence-corrected chi connectivity index (χ3v) is 3.57. The summed E-state index contributed by atoms with van der Waals surface area (Å²) >= 11 is 0. The number of aliphatic hydroxyl groups excluding tert-OH is 1. The molecule has 0 fully saturated rings. The van der Waals surface area contributed by atoms with E-state index in [9.17, 15) is 27.2 Å². The lowest BCUT2D eigenvalue weighted by Crippen LogP contribution is -2.25. The largest absolute Gasteiger partial charge is 0.460 e.